The molecule has 3 heteroatoms. The minimum atomic E-state index is -1.23. The monoisotopic (exact) mass is 186 g/mol. The fourth-order valence-corrected chi connectivity index (χ4v) is 2.25. The summed E-state index contributed by atoms with van der Waals surface area (Å²) in [6.07, 6.45) is 0.722. The van der Waals surface area contributed by atoms with Gasteiger partial charge in [-0.15, -0.1) is 0 Å². The number of rotatable bonds is 4. The Kier molecular flexibility index (Phi) is 12.1. The molecule has 0 aromatic rings. The Labute approximate surface area is 76.9 Å². The zero-order chi connectivity index (χ0) is 9.98. The van der Waals surface area contributed by atoms with Gasteiger partial charge in [0.05, 0.1) is 24.1 Å². The third kappa shape index (κ3) is 12.1. The van der Waals surface area contributed by atoms with Crippen molar-refractivity contribution in [2.24, 2.45) is 0 Å². The predicted octanol–water partition coefficient (Wildman–Crippen LogP) is 1.46. The summed E-state index contributed by atoms with van der Waals surface area (Å²) >= 11 is 0. The first-order chi connectivity index (χ1) is 5.62. The van der Waals surface area contributed by atoms with E-state index in [0.29, 0.717) is 0 Å². The zero-order valence-electron chi connectivity index (χ0n) is 8.22. The van der Waals surface area contributed by atoms with E-state index in [9.17, 15) is 0 Å². The number of carbonyl (C=O) groups is 1. The molecule has 0 aliphatic carbocycles. The minimum Gasteiger partial charge on any atom is -0.545 e. The molecule has 0 heterocycles. The van der Waals surface area contributed by atoms with E-state index >= 15 is 0 Å². The van der Waals surface area contributed by atoms with E-state index in [1.54, 1.807) is 0 Å². The molecule has 0 spiro atoms. The van der Waals surface area contributed by atoms with Crippen molar-refractivity contribution in [1.82, 2.24) is 0 Å². The van der Waals surface area contributed by atoms with Crippen LogP contribution in [0, 0.1) is 0 Å². The van der Waals surface area contributed by atoms with Gasteiger partial charge in [0.2, 0.25) is 0 Å². The first kappa shape index (κ1) is 14.0. The Morgan fingerprint density at radius 2 is 1.58 bits per heavy atom. The van der Waals surface area contributed by atoms with Gasteiger partial charge in [0.15, 0.2) is 0 Å². The van der Waals surface area contributed by atoms with E-state index in [0.717, 1.165) is 6.08 Å². The van der Waals surface area contributed by atoms with Crippen molar-refractivity contribution in [2.45, 2.75) is 38.9 Å². The first-order valence-electron chi connectivity index (χ1n) is 4.29. The second-order valence-electron chi connectivity index (χ2n) is 2.33. The van der Waals surface area contributed by atoms with Crippen molar-refractivity contribution in [1.29, 1.82) is 0 Å². The van der Waals surface area contributed by atoms with Crippen molar-refractivity contribution in [3.8, 4) is 0 Å². The molecule has 2 nitrogen and oxygen atoms in total. The van der Waals surface area contributed by atoms with E-state index < -0.39 is 5.97 Å². The highest BCUT2D eigenvalue weighted by Crippen LogP contribution is 2.01. The Bertz CT molecular complexity index is 114. The number of hydrogen-bond donors (Lipinski definition) is 0. The molecular weight excluding hydrogens is 168 g/mol. The average Bonchev–Trinajstić information content (AvgIpc) is 2.09. The average molecular weight is 186 g/mol. The Morgan fingerprint density at radius 3 is 1.58 bits per heavy atom. The highest BCUT2D eigenvalue weighted by atomic mass is 28.3. The van der Waals surface area contributed by atoms with Gasteiger partial charge in [-0.2, -0.15) is 0 Å². The lowest BCUT2D eigenvalue weighted by Gasteiger charge is -1.86. The maximum absolute atomic E-state index is 9.14. The SMILES string of the molecule is C=CC(=O)[O-].CC[Si+](CC)CC. The molecule has 0 unspecified atom stereocenters. The van der Waals surface area contributed by atoms with E-state index in [4.69, 9.17) is 9.90 Å². The fourth-order valence-electron chi connectivity index (χ4n) is 0.750. The molecule has 70 valence electrons. The highest BCUT2D eigenvalue weighted by Gasteiger charge is 2.16. The number of carboxylic acid groups (broad SMARTS) is 1. The lowest BCUT2D eigenvalue weighted by molar-refractivity contribution is -0.297. The van der Waals surface area contributed by atoms with Gasteiger partial charge in [-0.25, -0.2) is 0 Å². The Hall–Kier alpha value is -0.573. The van der Waals surface area contributed by atoms with Crippen LogP contribution in [0.25, 0.3) is 0 Å². The smallest absolute Gasteiger partial charge is 0.313 e. The Morgan fingerprint density at radius 1 is 1.33 bits per heavy atom. The Balaban J connectivity index is 0. The van der Waals surface area contributed by atoms with Crippen LogP contribution in [0.5, 0.6) is 0 Å². The molecule has 0 radical (unpaired) electrons. The molecular formula is C9H18O2Si. The van der Waals surface area contributed by atoms with Crippen LogP contribution >= 0.6 is 0 Å². The molecule has 0 amide bonds. The third-order valence-corrected chi connectivity index (χ3v) is 4.67. The summed E-state index contributed by atoms with van der Waals surface area (Å²) in [4.78, 5) is 9.14. The van der Waals surface area contributed by atoms with Crippen LogP contribution in [-0.4, -0.2) is 14.8 Å². The van der Waals surface area contributed by atoms with Crippen molar-refractivity contribution in [3.63, 3.8) is 0 Å². The van der Waals surface area contributed by atoms with E-state index in [2.05, 4.69) is 27.4 Å². The molecule has 0 aliphatic rings. The van der Waals surface area contributed by atoms with E-state index in [-0.39, 0.29) is 8.80 Å². The highest BCUT2D eigenvalue weighted by molar-refractivity contribution is 6.58. The number of aliphatic carboxylic acids is 1. The van der Waals surface area contributed by atoms with Gasteiger partial charge < -0.3 is 9.90 Å². The molecule has 0 rings (SSSR count). The van der Waals surface area contributed by atoms with Crippen LogP contribution < -0.4 is 5.11 Å². The molecule has 0 aromatic heterocycles. The van der Waals surface area contributed by atoms with Gasteiger partial charge in [0, 0.05) is 0 Å². The molecule has 0 N–H and O–H groups in total. The molecule has 0 aliphatic heterocycles. The summed E-state index contributed by atoms with van der Waals surface area (Å²) in [7, 11) is 0.137. The maximum atomic E-state index is 9.14. The van der Waals surface area contributed by atoms with E-state index in [1.165, 1.54) is 18.1 Å². The van der Waals surface area contributed by atoms with Gasteiger partial charge in [-0.1, -0.05) is 6.58 Å². The van der Waals surface area contributed by atoms with Crippen LogP contribution in [0.15, 0.2) is 12.7 Å². The van der Waals surface area contributed by atoms with Gasteiger partial charge >= 0.3 is 8.80 Å². The summed E-state index contributed by atoms with van der Waals surface area (Å²) in [5.41, 5.74) is 0. The summed E-state index contributed by atoms with van der Waals surface area (Å²) in [5, 5.41) is 9.14. The first-order valence-corrected chi connectivity index (χ1v) is 6.41. The van der Waals surface area contributed by atoms with Crippen molar-refractivity contribution in [3.05, 3.63) is 12.7 Å². The van der Waals surface area contributed by atoms with Gasteiger partial charge in [-0.3, -0.25) is 0 Å². The van der Waals surface area contributed by atoms with Crippen LogP contribution in [0.1, 0.15) is 20.8 Å². The largest absolute Gasteiger partial charge is 0.545 e. The van der Waals surface area contributed by atoms with Gasteiger partial charge in [0.25, 0.3) is 0 Å². The van der Waals surface area contributed by atoms with Gasteiger partial charge in [-0.05, 0) is 26.8 Å². The van der Waals surface area contributed by atoms with Crippen LogP contribution in [0.3, 0.4) is 0 Å². The molecule has 12 heavy (non-hydrogen) atoms. The molecule has 0 saturated heterocycles. The standard InChI is InChI=1S/C6H15Si.C3H4O2/c1-4-7(5-2)6-3;1-2-3(4)5/h4-6H2,1-3H3;2H,1H2,(H,4,5)/q+1;/p-1. The number of carboxylic acids is 1. The lowest BCUT2D eigenvalue weighted by Crippen LogP contribution is -2.17. The molecule has 0 fully saturated rings. The molecule has 0 atom stereocenters. The fraction of sp³-hybridized carbons (Fsp3) is 0.667. The molecule has 0 bridgehead atoms. The number of carbonyl (C=O) groups excluding carboxylic acids is 1. The minimum absolute atomic E-state index is 0.137. The van der Waals surface area contributed by atoms with Crippen molar-refractivity contribution < 1.29 is 9.90 Å². The van der Waals surface area contributed by atoms with Crippen LogP contribution in [0.2, 0.25) is 18.1 Å². The van der Waals surface area contributed by atoms with Crippen LogP contribution in [-0.2, 0) is 4.79 Å². The van der Waals surface area contributed by atoms with Crippen molar-refractivity contribution in [2.75, 3.05) is 0 Å². The predicted molar refractivity (Wildman–Crippen MR) is 52.4 cm³/mol. The lowest BCUT2D eigenvalue weighted by atomic mass is 10.7. The summed E-state index contributed by atoms with van der Waals surface area (Å²) in [6.45, 7) is 9.82. The molecule has 0 aromatic carbocycles. The zero-order valence-corrected chi connectivity index (χ0v) is 9.22. The number of hydrogen-bond acceptors (Lipinski definition) is 2. The second kappa shape index (κ2) is 10.4. The summed E-state index contributed by atoms with van der Waals surface area (Å²) in [6, 6.07) is 4.37. The van der Waals surface area contributed by atoms with E-state index in [1.807, 2.05) is 0 Å². The van der Waals surface area contributed by atoms with Gasteiger partial charge in [0.1, 0.15) is 0 Å². The third-order valence-electron chi connectivity index (χ3n) is 1.67. The normalized spacial score (nSPS) is 7.92. The maximum Gasteiger partial charge on any atom is 0.313 e. The quantitative estimate of drug-likeness (QED) is 0.492. The topological polar surface area (TPSA) is 40.1 Å². The second-order valence-corrected chi connectivity index (χ2v) is 5.96. The summed E-state index contributed by atoms with van der Waals surface area (Å²) < 4.78 is 0. The van der Waals surface area contributed by atoms with Crippen molar-refractivity contribution >= 4 is 14.8 Å². The summed E-state index contributed by atoms with van der Waals surface area (Å²) in [5.74, 6) is -1.23. The molecule has 0 saturated carbocycles. The van der Waals surface area contributed by atoms with Crippen LogP contribution in [0.4, 0.5) is 0 Å².